The molecule has 0 saturated carbocycles. The van der Waals surface area contributed by atoms with Gasteiger partial charge in [0, 0.05) is 0 Å². The van der Waals surface area contributed by atoms with Gasteiger partial charge in [-0.05, 0) is 35.4 Å². The van der Waals surface area contributed by atoms with Crippen molar-refractivity contribution in [2.24, 2.45) is 0 Å². The summed E-state index contributed by atoms with van der Waals surface area (Å²) < 4.78 is 12.7. The minimum Gasteiger partial charge on any atom is -0.478 e. The molecule has 90 valence electrons. The molecule has 2 aromatic rings. The van der Waals surface area contributed by atoms with E-state index in [0.29, 0.717) is 0 Å². The van der Waals surface area contributed by atoms with E-state index in [1.54, 1.807) is 36.4 Å². The first-order chi connectivity index (χ1) is 8.65. The summed E-state index contributed by atoms with van der Waals surface area (Å²) >= 11 is 0. The van der Waals surface area contributed by atoms with Crippen LogP contribution in [-0.4, -0.2) is 11.1 Å². The Morgan fingerprint density at radius 3 is 2.33 bits per heavy atom. The third-order valence-electron chi connectivity index (χ3n) is 2.47. The summed E-state index contributed by atoms with van der Waals surface area (Å²) in [5.41, 5.74) is 1.90. The van der Waals surface area contributed by atoms with Gasteiger partial charge in [-0.2, -0.15) is 0 Å². The van der Waals surface area contributed by atoms with Gasteiger partial charge in [0.2, 0.25) is 0 Å². The molecule has 0 unspecified atom stereocenters. The molecule has 0 atom stereocenters. The van der Waals surface area contributed by atoms with Crippen molar-refractivity contribution in [1.82, 2.24) is 0 Å². The van der Waals surface area contributed by atoms with Crippen molar-refractivity contribution in [3.8, 4) is 0 Å². The van der Waals surface area contributed by atoms with E-state index in [1.165, 1.54) is 18.2 Å². The van der Waals surface area contributed by atoms with Crippen molar-refractivity contribution in [2.45, 2.75) is 0 Å². The minimum absolute atomic E-state index is 0.247. The van der Waals surface area contributed by atoms with Gasteiger partial charge in [0.1, 0.15) is 5.82 Å². The minimum atomic E-state index is -0.952. The van der Waals surface area contributed by atoms with Crippen molar-refractivity contribution in [2.75, 3.05) is 0 Å². The second-order valence-electron chi connectivity index (χ2n) is 3.82. The molecule has 2 rings (SSSR count). The van der Waals surface area contributed by atoms with Gasteiger partial charge in [-0.15, -0.1) is 0 Å². The normalized spacial score (nSPS) is 10.7. The van der Waals surface area contributed by atoms with Gasteiger partial charge in [-0.3, -0.25) is 0 Å². The number of hydrogen-bond acceptors (Lipinski definition) is 1. The van der Waals surface area contributed by atoms with Crippen LogP contribution < -0.4 is 0 Å². The molecule has 0 radical (unpaired) electrons. The van der Waals surface area contributed by atoms with E-state index in [9.17, 15) is 9.18 Å². The third-order valence-corrected chi connectivity index (χ3v) is 2.47. The largest absolute Gasteiger partial charge is 0.478 e. The van der Waals surface area contributed by atoms with E-state index in [-0.39, 0.29) is 11.4 Å². The Labute approximate surface area is 104 Å². The number of rotatable bonds is 3. The highest BCUT2D eigenvalue weighted by atomic mass is 19.1. The van der Waals surface area contributed by atoms with Gasteiger partial charge in [-0.1, -0.05) is 36.4 Å². The highest BCUT2D eigenvalue weighted by Gasteiger charge is 2.01. The molecule has 2 aromatic carbocycles. The summed E-state index contributed by atoms with van der Waals surface area (Å²) in [6.07, 6.45) is 3.60. The monoisotopic (exact) mass is 242 g/mol. The van der Waals surface area contributed by atoms with Crippen molar-refractivity contribution in [3.63, 3.8) is 0 Å². The van der Waals surface area contributed by atoms with Crippen molar-refractivity contribution in [3.05, 3.63) is 71.0 Å². The molecule has 0 aliphatic heterocycles. The predicted octanol–water partition coefficient (Wildman–Crippen LogP) is 3.69. The van der Waals surface area contributed by atoms with E-state index < -0.39 is 5.97 Å². The fraction of sp³-hybridized carbons (Fsp3) is 0. The van der Waals surface area contributed by atoms with Crippen LogP contribution in [0.15, 0.2) is 48.5 Å². The average Bonchev–Trinajstić information content (AvgIpc) is 2.38. The number of aromatic carboxylic acids is 1. The first-order valence-corrected chi connectivity index (χ1v) is 5.42. The van der Waals surface area contributed by atoms with Crippen molar-refractivity contribution >= 4 is 18.1 Å². The second kappa shape index (κ2) is 5.27. The Morgan fingerprint density at radius 2 is 1.67 bits per heavy atom. The van der Waals surface area contributed by atoms with Crippen LogP contribution in [0.4, 0.5) is 4.39 Å². The zero-order chi connectivity index (χ0) is 13.0. The summed E-state index contributed by atoms with van der Waals surface area (Å²) in [5.74, 6) is -1.23. The summed E-state index contributed by atoms with van der Waals surface area (Å²) in [6, 6.07) is 12.7. The molecule has 0 aliphatic carbocycles. The molecule has 3 heteroatoms. The lowest BCUT2D eigenvalue weighted by molar-refractivity contribution is 0.0697. The SMILES string of the molecule is O=C(O)c1cccc(/C=C\c2ccc(F)cc2)c1. The van der Waals surface area contributed by atoms with Gasteiger partial charge in [0.15, 0.2) is 0 Å². The van der Waals surface area contributed by atoms with Crippen LogP contribution in [0.25, 0.3) is 12.2 Å². The highest BCUT2D eigenvalue weighted by molar-refractivity contribution is 5.88. The first-order valence-electron chi connectivity index (χ1n) is 5.42. The van der Waals surface area contributed by atoms with Crippen LogP contribution in [0.1, 0.15) is 21.5 Å². The molecule has 0 fully saturated rings. The van der Waals surface area contributed by atoms with Crippen LogP contribution in [0.3, 0.4) is 0 Å². The van der Waals surface area contributed by atoms with Crippen LogP contribution in [0, 0.1) is 5.82 Å². The number of carbonyl (C=O) groups is 1. The number of hydrogen-bond donors (Lipinski definition) is 1. The maximum absolute atomic E-state index is 12.7. The molecule has 0 heterocycles. The molecular formula is C15H11FO2. The Hall–Kier alpha value is -2.42. The Kier molecular flexibility index (Phi) is 3.53. The average molecular weight is 242 g/mol. The quantitative estimate of drug-likeness (QED) is 0.833. The predicted molar refractivity (Wildman–Crippen MR) is 68.7 cm³/mol. The summed E-state index contributed by atoms with van der Waals surface area (Å²) in [4.78, 5) is 10.8. The lowest BCUT2D eigenvalue weighted by Crippen LogP contribution is -1.95. The molecule has 0 saturated heterocycles. The molecular weight excluding hydrogens is 231 g/mol. The molecule has 0 aromatic heterocycles. The topological polar surface area (TPSA) is 37.3 Å². The van der Waals surface area contributed by atoms with Gasteiger partial charge in [-0.25, -0.2) is 9.18 Å². The number of carboxylic acid groups (broad SMARTS) is 1. The van der Waals surface area contributed by atoms with Gasteiger partial charge >= 0.3 is 5.97 Å². The molecule has 0 amide bonds. The number of benzene rings is 2. The molecule has 1 N–H and O–H groups in total. The molecule has 0 aliphatic rings. The van der Waals surface area contributed by atoms with Gasteiger partial charge in [0.25, 0.3) is 0 Å². The Morgan fingerprint density at radius 1 is 1.00 bits per heavy atom. The Bertz CT molecular complexity index is 586. The van der Waals surface area contributed by atoms with Gasteiger partial charge < -0.3 is 5.11 Å². The molecule has 2 nitrogen and oxygen atoms in total. The summed E-state index contributed by atoms with van der Waals surface area (Å²) in [7, 11) is 0. The summed E-state index contributed by atoms with van der Waals surface area (Å²) in [5, 5.41) is 8.86. The number of halogens is 1. The third kappa shape index (κ3) is 3.04. The van der Waals surface area contributed by atoms with E-state index in [4.69, 9.17) is 5.11 Å². The second-order valence-corrected chi connectivity index (χ2v) is 3.82. The van der Waals surface area contributed by atoms with Crippen LogP contribution in [0.5, 0.6) is 0 Å². The highest BCUT2D eigenvalue weighted by Crippen LogP contribution is 2.11. The molecule has 18 heavy (non-hydrogen) atoms. The van der Waals surface area contributed by atoms with E-state index in [1.807, 2.05) is 6.07 Å². The van der Waals surface area contributed by atoms with Crippen LogP contribution in [-0.2, 0) is 0 Å². The van der Waals surface area contributed by atoms with Crippen LogP contribution >= 0.6 is 0 Å². The maximum Gasteiger partial charge on any atom is 0.335 e. The first kappa shape index (κ1) is 12.0. The molecule has 0 bridgehead atoms. The number of carboxylic acids is 1. The Balaban J connectivity index is 2.20. The smallest absolute Gasteiger partial charge is 0.335 e. The van der Waals surface area contributed by atoms with Crippen LogP contribution in [0.2, 0.25) is 0 Å². The lowest BCUT2D eigenvalue weighted by Gasteiger charge is -1.97. The van der Waals surface area contributed by atoms with Crippen molar-refractivity contribution in [1.29, 1.82) is 0 Å². The zero-order valence-electron chi connectivity index (χ0n) is 9.51. The van der Waals surface area contributed by atoms with E-state index >= 15 is 0 Å². The fourth-order valence-corrected chi connectivity index (χ4v) is 1.54. The summed E-state index contributed by atoms with van der Waals surface area (Å²) in [6.45, 7) is 0. The molecule has 0 spiro atoms. The zero-order valence-corrected chi connectivity index (χ0v) is 9.51. The van der Waals surface area contributed by atoms with E-state index in [0.717, 1.165) is 11.1 Å². The van der Waals surface area contributed by atoms with Gasteiger partial charge in [0.05, 0.1) is 5.56 Å². The van der Waals surface area contributed by atoms with Crippen molar-refractivity contribution < 1.29 is 14.3 Å². The maximum atomic E-state index is 12.7. The standard InChI is InChI=1S/C15H11FO2/c16-14-8-6-11(7-9-14)4-5-12-2-1-3-13(10-12)15(17)18/h1-10H,(H,17,18)/b5-4-. The lowest BCUT2D eigenvalue weighted by atomic mass is 10.1. The van der Waals surface area contributed by atoms with E-state index in [2.05, 4.69) is 0 Å². The fourth-order valence-electron chi connectivity index (χ4n) is 1.54.